The first kappa shape index (κ1) is 16.9. The zero-order valence-corrected chi connectivity index (χ0v) is 13.5. The predicted molar refractivity (Wildman–Crippen MR) is 87.0 cm³/mol. The van der Waals surface area contributed by atoms with Crippen LogP contribution in [0.25, 0.3) is 0 Å². The number of hydrogen-bond acceptors (Lipinski definition) is 3. The van der Waals surface area contributed by atoms with E-state index in [2.05, 4.69) is 0 Å². The molecule has 2 N–H and O–H groups in total. The highest BCUT2D eigenvalue weighted by atomic mass is 35.5. The van der Waals surface area contributed by atoms with Gasteiger partial charge in [0.05, 0.1) is 28.9 Å². The minimum absolute atomic E-state index is 0.177. The number of benzene rings is 2. The summed E-state index contributed by atoms with van der Waals surface area (Å²) in [4.78, 5) is 0. The van der Waals surface area contributed by atoms with Crippen molar-refractivity contribution in [2.45, 2.75) is 19.6 Å². The van der Waals surface area contributed by atoms with Gasteiger partial charge in [-0.1, -0.05) is 41.4 Å². The fraction of sp³-hybridized carbons (Fsp3) is 0.250. The molecular formula is C16H16Cl2FNO2. The Morgan fingerprint density at radius 1 is 1.18 bits per heavy atom. The molecule has 6 heteroatoms. The zero-order chi connectivity index (χ0) is 16.1. The van der Waals surface area contributed by atoms with Gasteiger partial charge < -0.3 is 15.2 Å². The Kier molecular flexibility index (Phi) is 5.89. The van der Waals surface area contributed by atoms with Crippen LogP contribution >= 0.6 is 23.2 Å². The Morgan fingerprint density at radius 2 is 1.91 bits per heavy atom. The third kappa shape index (κ3) is 4.50. The number of hydrogen-bond donors (Lipinski definition) is 1. The van der Waals surface area contributed by atoms with Crippen molar-refractivity contribution in [3.8, 4) is 5.75 Å². The average Bonchev–Trinajstić information content (AvgIpc) is 2.47. The Balaban J connectivity index is 1.87. The molecule has 1 unspecified atom stereocenters. The van der Waals surface area contributed by atoms with E-state index in [1.807, 2.05) is 6.92 Å². The molecule has 0 bridgehead atoms. The summed E-state index contributed by atoms with van der Waals surface area (Å²) in [5, 5.41) is 0.751. The van der Waals surface area contributed by atoms with Crippen LogP contribution in [0, 0.1) is 5.82 Å². The highest BCUT2D eigenvalue weighted by Crippen LogP contribution is 2.33. The molecule has 3 nitrogen and oxygen atoms in total. The Hall–Kier alpha value is -1.49. The largest absolute Gasteiger partial charge is 0.487 e. The van der Waals surface area contributed by atoms with E-state index in [4.69, 9.17) is 38.4 Å². The predicted octanol–water partition coefficient (Wildman–Crippen LogP) is 4.70. The Labute approximate surface area is 138 Å². The van der Waals surface area contributed by atoms with Crippen molar-refractivity contribution in [1.82, 2.24) is 0 Å². The molecule has 0 radical (unpaired) electrons. The van der Waals surface area contributed by atoms with Gasteiger partial charge in [-0.05, 0) is 19.1 Å². The Morgan fingerprint density at radius 3 is 2.64 bits per heavy atom. The van der Waals surface area contributed by atoms with E-state index in [1.54, 1.807) is 24.3 Å². The van der Waals surface area contributed by atoms with Crippen LogP contribution in [0.3, 0.4) is 0 Å². The third-order valence-electron chi connectivity index (χ3n) is 2.95. The van der Waals surface area contributed by atoms with Gasteiger partial charge in [0.15, 0.2) is 0 Å². The molecule has 0 aliphatic rings. The van der Waals surface area contributed by atoms with Gasteiger partial charge in [0.25, 0.3) is 0 Å². The summed E-state index contributed by atoms with van der Waals surface area (Å²) in [6.45, 7) is 2.28. The average molecular weight is 344 g/mol. The van der Waals surface area contributed by atoms with Crippen LogP contribution in [0.1, 0.15) is 12.5 Å². The van der Waals surface area contributed by atoms with E-state index in [-0.39, 0.29) is 25.1 Å². The first-order chi connectivity index (χ1) is 10.5. The number of nitrogens with two attached hydrogens (primary N) is 1. The minimum atomic E-state index is -0.287. The number of anilines is 1. The molecule has 1 atom stereocenters. The van der Waals surface area contributed by atoms with Gasteiger partial charge in [0, 0.05) is 11.6 Å². The van der Waals surface area contributed by atoms with Crippen molar-refractivity contribution in [2.24, 2.45) is 0 Å². The number of nitrogen functional groups attached to an aromatic ring is 1. The molecule has 0 aliphatic carbocycles. The maximum absolute atomic E-state index is 13.4. The van der Waals surface area contributed by atoms with Gasteiger partial charge in [-0.2, -0.15) is 0 Å². The Bertz CT molecular complexity index is 652. The maximum Gasteiger partial charge on any atom is 0.140 e. The lowest BCUT2D eigenvalue weighted by Crippen LogP contribution is -2.19. The molecule has 2 rings (SSSR count). The monoisotopic (exact) mass is 343 g/mol. The highest BCUT2D eigenvalue weighted by Gasteiger charge is 2.11. The van der Waals surface area contributed by atoms with Gasteiger partial charge in [0.2, 0.25) is 0 Å². The first-order valence-electron chi connectivity index (χ1n) is 6.69. The molecule has 2 aromatic rings. The van der Waals surface area contributed by atoms with Crippen LogP contribution in [0.2, 0.25) is 10.0 Å². The molecule has 0 spiro atoms. The van der Waals surface area contributed by atoms with Crippen molar-refractivity contribution in [2.75, 3.05) is 12.3 Å². The molecule has 2 aromatic carbocycles. The van der Waals surface area contributed by atoms with E-state index in [1.165, 1.54) is 12.1 Å². The molecule has 0 saturated carbocycles. The van der Waals surface area contributed by atoms with E-state index >= 15 is 0 Å². The van der Waals surface area contributed by atoms with Crippen molar-refractivity contribution in [3.05, 3.63) is 57.8 Å². The van der Waals surface area contributed by atoms with Gasteiger partial charge in [-0.25, -0.2) is 4.39 Å². The molecule has 0 saturated heterocycles. The second-order valence-electron chi connectivity index (χ2n) is 4.84. The lowest BCUT2D eigenvalue weighted by Gasteiger charge is -2.17. The molecular weight excluding hydrogens is 328 g/mol. The fourth-order valence-corrected chi connectivity index (χ4v) is 2.26. The van der Waals surface area contributed by atoms with Crippen LogP contribution in [0.15, 0.2) is 36.4 Å². The second kappa shape index (κ2) is 7.68. The molecule has 0 amide bonds. The summed E-state index contributed by atoms with van der Waals surface area (Å²) < 4.78 is 24.6. The van der Waals surface area contributed by atoms with Crippen LogP contribution in [0.5, 0.6) is 5.75 Å². The second-order valence-corrected chi connectivity index (χ2v) is 5.65. The van der Waals surface area contributed by atoms with E-state index in [9.17, 15) is 4.39 Å². The molecule has 0 aliphatic heterocycles. The fourth-order valence-electron chi connectivity index (χ4n) is 1.84. The quantitative estimate of drug-likeness (QED) is 0.773. The van der Waals surface area contributed by atoms with E-state index < -0.39 is 0 Å². The smallest absolute Gasteiger partial charge is 0.140 e. The van der Waals surface area contributed by atoms with Crippen LogP contribution in [0.4, 0.5) is 10.1 Å². The zero-order valence-electron chi connectivity index (χ0n) is 12.0. The first-order valence-corrected chi connectivity index (χ1v) is 7.45. The molecule has 0 aromatic heterocycles. The summed E-state index contributed by atoms with van der Waals surface area (Å²) >= 11 is 11.9. The summed E-state index contributed by atoms with van der Waals surface area (Å²) in [7, 11) is 0. The maximum atomic E-state index is 13.4. The van der Waals surface area contributed by atoms with Crippen LogP contribution < -0.4 is 10.5 Å². The molecule has 22 heavy (non-hydrogen) atoms. The number of rotatable bonds is 6. The van der Waals surface area contributed by atoms with Crippen LogP contribution in [-0.2, 0) is 11.3 Å². The van der Waals surface area contributed by atoms with Crippen molar-refractivity contribution >= 4 is 28.9 Å². The summed E-state index contributed by atoms with van der Waals surface area (Å²) in [5.41, 5.74) is 6.61. The number of ether oxygens (including phenoxy) is 2. The SMILES string of the molecule is CC(COCc1ccccc1F)Oc1cc(N)c(Cl)cc1Cl. The van der Waals surface area contributed by atoms with Crippen molar-refractivity contribution in [3.63, 3.8) is 0 Å². The minimum Gasteiger partial charge on any atom is -0.487 e. The van der Waals surface area contributed by atoms with Gasteiger partial charge in [0.1, 0.15) is 17.7 Å². The lowest BCUT2D eigenvalue weighted by atomic mass is 10.2. The van der Waals surface area contributed by atoms with E-state index in [0.29, 0.717) is 27.0 Å². The summed E-state index contributed by atoms with van der Waals surface area (Å²) in [6.07, 6.45) is -0.273. The van der Waals surface area contributed by atoms with Crippen molar-refractivity contribution < 1.29 is 13.9 Å². The van der Waals surface area contributed by atoms with Crippen molar-refractivity contribution in [1.29, 1.82) is 0 Å². The van der Waals surface area contributed by atoms with Gasteiger partial charge in [-0.3, -0.25) is 0 Å². The summed E-state index contributed by atoms with van der Waals surface area (Å²) in [6, 6.07) is 9.57. The van der Waals surface area contributed by atoms with E-state index in [0.717, 1.165) is 0 Å². The molecule has 118 valence electrons. The number of halogens is 3. The van der Waals surface area contributed by atoms with Crippen LogP contribution in [-0.4, -0.2) is 12.7 Å². The highest BCUT2D eigenvalue weighted by molar-refractivity contribution is 6.37. The standard InChI is InChI=1S/C16H16Cl2FNO2/c1-10(8-21-9-11-4-2-3-5-14(11)19)22-16-7-15(20)12(17)6-13(16)18/h2-7,10H,8-9,20H2,1H3. The molecule has 0 heterocycles. The summed E-state index contributed by atoms with van der Waals surface area (Å²) in [5.74, 6) is 0.148. The van der Waals surface area contributed by atoms with Gasteiger partial charge in [-0.15, -0.1) is 0 Å². The lowest BCUT2D eigenvalue weighted by molar-refractivity contribution is 0.0481. The van der Waals surface area contributed by atoms with Gasteiger partial charge >= 0.3 is 0 Å². The normalized spacial score (nSPS) is 12.2. The molecule has 0 fully saturated rings. The third-order valence-corrected chi connectivity index (χ3v) is 3.57. The topological polar surface area (TPSA) is 44.5 Å².